The molecule has 2 heterocycles. The third kappa shape index (κ3) is 4.68. The third-order valence-corrected chi connectivity index (χ3v) is 3.69. The number of aromatic nitrogens is 2. The first-order valence-electron chi connectivity index (χ1n) is 7.92. The van der Waals surface area contributed by atoms with Crippen LogP contribution < -0.4 is 5.32 Å². The largest absolute Gasteiger partial charge is 0.382 e. The fraction of sp³-hybridized carbons (Fsp3) is 0.750. The highest BCUT2D eigenvalue weighted by atomic mass is 16.5. The van der Waals surface area contributed by atoms with Gasteiger partial charge in [-0.1, -0.05) is 0 Å². The summed E-state index contributed by atoms with van der Waals surface area (Å²) in [6.45, 7) is 11.7. The van der Waals surface area contributed by atoms with Gasteiger partial charge in [0.2, 0.25) is 0 Å². The molecule has 1 atom stereocenters. The van der Waals surface area contributed by atoms with Crippen LogP contribution in [0.25, 0.3) is 0 Å². The number of methoxy groups -OCH3 is 1. The average molecular weight is 324 g/mol. The fourth-order valence-electron chi connectivity index (χ4n) is 3.09. The predicted octanol–water partition coefficient (Wildman–Crippen LogP) is 2.51. The van der Waals surface area contributed by atoms with Crippen molar-refractivity contribution in [1.29, 1.82) is 0 Å². The van der Waals surface area contributed by atoms with Gasteiger partial charge in [0.25, 0.3) is 0 Å². The highest BCUT2D eigenvalue weighted by Gasteiger charge is 2.40. The number of nitrogens with zero attached hydrogens (tertiary/aromatic N) is 3. The van der Waals surface area contributed by atoms with Crippen LogP contribution in [0.15, 0.2) is 12.3 Å². The van der Waals surface area contributed by atoms with Crippen LogP contribution in [0.5, 0.6) is 0 Å². The topological polar surface area (TPSA) is 68.6 Å². The van der Waals surface area contributed by atoms with E-state index in [4.69, 9.17) is 9.47 Å². The van der Waals surface area contributed by atoms with Crippen molar-refractivity contribution in [2.75, 3.05) is 32.1 Å². The van der Waals surface area contributed by atoms with Gasteiger partial charge in [0.05, 0.1) is 36.9 Å². The molecule has 0 aliphatic carbocycles. The Kier molecular flexibility index (Phi) is 5.01. The van der Waals surface area contributed by atoms with E-state index in [-0.39, 0.29) is 23.3 Å². The van der Waals surface area contributed by atoms with Crippen molar-refractivity contribution < 1.29 is 14.3 Å². The number of hydrogen-bond acceptors (Lipinski definition) is 4. The molecule has 1 unspecified atom stereocenters. The highest BCUT2D eigenvalue weighted by molar-refractivity contribution is 5.88. The molecule has 130 valence electrons. The Bertz CT molecular complexity index is 537. The minimum absolute atomic E-state index is 0.118. The summed E-state index contributed by atoms with van der Waals surface area (Å²) >= 11 is 0. The quantitative estimate of drug-likeness (QED) is 0.924. The first kappa shape index (κ1) is 17.7. The number of carbonyl (C=O) groups excluding carboxylic acids is 1. The maximum Gasteiger partial charge on any atom is 0.323 e. The molecular weight excluding hydrogens is 296 g/mol. The smallest absolute Gasteiger partial charge is 0.323 e. The number of hydrogen-bond donors (Lipinski definition) is 1. The lowest BCUT2D eigenvalue weighted by Crippen LogP contribution is -2.59. The van der Waals surface area contributed by atoms with Crippen LogP contribution in [0, 0.1) is 0 Å². The van der Waals surface area contributed by atoms with E-state index in [0.29, 0.717) is 25.5 Å². The van der Waals surface area contributed by atoms with E-state index in [1.165, 1.54) is 0 Å². The Morgan fingerprint density at radius 2 is 2.00 bits per heavy atom. The zero-order chi connectivity index (χ0) is 17.3. The number of urea groups is 1. The highest BCUT2D eigenvalue weighted by Crippen LogP contribution is 2.28. The minimum atomic E-state index is -0.370. The first-order chi connectivity index (χ1) is 10.6. The van der Waals surface area contributed by atoms with Gasteiger partial charge < -0.3 is 14.4 Å². The Hall–Kier alpha value is -1.60. The van der Waals surface area contributed by atoms with Gasteiger partial charge in [0, 0.05) is 19.4 Å². The van der Waals surface area contributed by atoms with Crippen molar-refractivity contribution in [1.82, 2.24) is 14.7 Å². The molecule has 7 heteroatoms. The summed E-state index contributed by atoms with van der Waals surface area (Å²) in [6.07, 6.45) is 1.84. The van der Waals surface area contributed by atoms with Crippen LogP contribution >= 0.6 is 0 Å². The summed E-state index contributed by atoms with van der Waals surface area (Å²) < 4.78 is 12.9. The molecule has 1 fully saturated rings. The van der Waals surface area contributed by atoms with Gasteiger partial charge in [0.15, 0.2) is 5.82 Å². The number of rotatable bonds is 4. The average Bonchev–Trinajstić information content (AvgIpc) is 2.84. The van der Waals surface area contributed by atoms with E-state index in [9.17, 15) is 4.79 Å². The van der Waals surface area contributed by atoms with Gasteiger partial charge in [0.1, 0.15) is 0 Å². The van der Waals surface area contributed by atoms with Gasteiger partial charge in [-0.2, -0.15) is 5.10 Å². The molecule has 1 aliphatic rings. The van der Waals surface area contributed by atoms with E-state index in [0.717, 1.165) is 0 Å². The summed E-state index contributed by atoms with van der Waals surface area (Å²) in [5.74, 6) is 0.542. The lowest BCUT2D eigenvalue weighted by Gasteiger charge is -2.46. The molecule has 0 bridgehead atoms. The second-order valence-corrected chi connectivity index (χ2v) is 7.39. The molecule has 7 nitrogen and oxygen atoms in total. The van der Waals surface area contributed by atoms with Crippen LogP contribution in [0.1, 0.15) is 40.7 Å². The zero-order valence-electron chi connectivity index (χ0n) is 14.9. The van der Waals surface area contributed by atoms with Crippen LogP contribution in [0.4, 0.5) is 10.6 Å². The summed E-state index contributed by atoms with van der Waals surface area (Å²) in [4.78, 5) is 14.3. The molecule has 0 saturated carbocycles. The van der Waals surface area contributed by atoms with Crippen LogP contribution in [-0.4, -0.2) is 58.7 Å². The van der Waals surface area contributed by atoms with E-state index in [1.54, 1.807) is 22.8 Å². The molecule has 2 amide bonds. The van der Waals surface area contributed by atoms with Gasteiger partial charge in [-0.3, -0.25) is 10.00 Å². The molecule has 0 spiro atoms. The lowest BCUT2D eigenvalue weighted by molar-refractivity contribution is -0.169. The molecule has 0 aromatic carbocycles. The Balaban J connectivity index is 2.01. The predicted molar refractivity (Wildman–Crippen MR) is 88.6 cm³/mol. The molecule has 1 N–H and O–H groups in total. The van der Waals surface area contributed by atoms with Crippen molar-refractivity contribution in [2.45, 2.75) is 51.9 Å². The van der Waals surface area contributed by atoms with Crippen molar-refractivity contribution in [3.05, 3.63) is 12.3 Å². The molecular formula is C16H28N4O3. The molecule has 1 aromatic heterocycles. The van der Waals surface area contributed by atoms with Gasteiger partial charge in [-0.05, 0) is 34.6 Å². The van der Waals surface area contributed by atoms with Crippen molar-refractivity contribution >= 4 is 11.8 Å². The van der Waals surface area contributed by atoms with E-state index >= 15 is 0 Å². The first-order valence-corrected chi connectivity index (χ1v) is 7.92. The normalized spacial score (nSPS) is 21.0. The van der Waals surface area contributed by atoms with Crippen LogP contribution in [0.2, 0.25) is 0 Å². The second-order valence-electron chi connectivity index (χ2n) is 7.39. The van der Waals surface area contributed by atoms with Crippen LogP contribution in [0.3, 0.4) is 0 Å². The van der Waals surface area contributed by atoms with Gasteiger partial charge >= 0.3 is 6.03 Å². The van der Waals surface area contributed by atoms with E-state index < -0.39 is 0 Å². The number of ether oxygens (including phenoxy) is 2. The van der Waals surface area contributed by atoms with E-state index in [1.807, 2.05) is 40.8 Å². The number of carbonyl (C=O) groups is 1. The monoisotopic (exact) mass is 324 g/mol. The number of anilines is 1. The molecule has 1 aliphatic heterocycles. The third-order valence-electron chi connectivity index (χ3n) is 3.69. The summed E-state index contributed by atoms with van der Waals surface area (Å²) in [5, 5.41) is 7.25. The summed E-state index contributed by atoms with van der Waals surface area (Å²) in [7, 11) is 1.66. The van der Waals surface area contributed by atoms with E-state index in [2.05, 4.69) is 10.4 Å². The van der Waals surface area contributed by atoms with Crippen LogP contribution in [-0.2, 0) is 9.47 Å². The zero-order valence-corrected chi connectivity index (χ0v) is 14.9. The maximum atomic E-state index is 12.5. The number of nitrogens with one attached hydrogen (secondary N) is 1. The SMILES string of the molecule is COCC(C)n1ccc(NC(=O)N2CC(C)(C)OC(C)(C)C2)n1. The standard InChI is InChI=1S/C16H28N4O3/c1-12(9-22-6)20-8-7-13(18-20)17-14(21)19-10-15(2,3)23-16(4,5)11-19/h7-8,12H,9-11H2,1-6H3,(H,17,18,21). The van der Waals surface area contributed by atoms with Gasteiger partial charge in [-0.25, -0.2) is 4.79 Å². The Labute approximate surface area is 137 Å². The summed E-state index contributed by atoms with van der Waals surface area (Å²) in [5.41, 5.74) is -0.739. The molecule has 1 saturated heterocycles. The second kappa shape index (κ2) is 6.49. The molecule has 1 aromatic rings. The fourth-order valence-corrected chi connectivity index (χ4v) is 3.09. The van der Waals surface area contributed by atoms with Crippen molar-refractivity contribution in [3.8, 4) is 0 Å². The molecule has 23 heavy (non-hydrogen) atoms. The van der Waals surface area contributed by atoms with Crippen molar-refractivity contribution in [2.24, 2.45) is 0 Å². The van der Waals surface area contributed by atoms with Gasteiger partial charge in [-0.15, -0.1) is 0 Å². The Morgan fingerprint density at radius 1 is 1.39 bits per heavy atom. The molecule has 2 rings (SSSR count). The molecule has 0 radical (unpaired) electrons. The number of morpholine rings is 1. The maximum absolute atomic E-state index is 12.5. The Morgan fingerprint density at radius 3 is 2.57 bits per heavy atom. The minimum Gasteiger partial charge on any atom is -0.382 e. The van der Waals surface area contributed by atoms with Crippen molar-refractivity contribution in [3.63, 3.8) is 0 Å². The summed E-state index contributed by atoms with van der Waals surface area (Å²) in [6, 6.07) is 1.76. The number of amides is 2. The lowest BCUT2D eigenvalue weighted by atomic mass is 9.99.